The zero-order chi connectivity index (χ0) is 27.7. The van der Waals surface area contributed by atoms with Crippen LogP contribution in [0.2, 0.25) is 0 Å². The van der Waals surface area contributed by atoms with E-state index in [1.807, 2.05) is 0 Å². The predicted octanol–water partition coefficient (Wildman–Crippen LogP) is 2.91. The van der Waals surface area contributed by atoms with E-state index >= 15 is 0 Å². The lowest BCUT2D eigenvalue weighted by molar-refractivity contribution is -0.127. The second-order valence-electron chi connectivity index (χ2n) is 11.7. The average Bonchev–Trinajstić information content (AvgIpc) is 3.53. The molecule has 8 nitrogen and oxygen atoms in total. The Bertz CT molecular complexity index is 806. The van der Waals surface area contributed by atoms with Gasteiger partial charge in [0.15, 0.2) is 0 Å². The van der Waals surface area contributed by atoms with E-state index in [1.54, 1.807) is 7.05 Å². The van der Waals surface area contributed by atoms with Crippen molar-refractivity contribution in [3.05, 3.63) is 11.6 Å². The first-order valence-corrected chi connectivity index (χ1v) is 15.4. The van der Waals surface area contributed by atoms with Crippen LogP contribution in [0.5, 0.6) is 0 Å². The summed E-state index contributed by atoms with van der Waals surface area (Å²) in [7, 11) is 1.66. The van der Waals surface area contributed by atoms with Crippen molar-refractivity contribution in [2.45, 2.75) is 95.9 Å². The van der Waals surface area contributed by atoms with Crippen molar-refractivity contribution in [1.29, 1.82) is 0 Å². The number of hydrogen-bond acceptors (Lipinski definition) is 6. The highest BCUT2D eigenvalue weighted by atomic mass is 35.5. The van der Waals surface area contributed by atoms with Crippen molar-refractivity contribution < 1.29 is 9.53 Å². The highest BCUT2D eigenvalue weighted by Gasteiger charge is 2.42. The van der Waals surface area contributed by atoms with Crippen LogP contribution in [0.25, 0.3) is 0 Å². The van der Waals surface area contributed by atoms with Gasteiger partial charge >= 0.3 is 0 Å². The molecular weight excluding hydrogens is 500 g/mol. The standard InChI is InChI=1S/C29H53ClN6O2/c1-6-8-9-22(30)15-34-23(14-20(7-2)19(3)4)27(28(31)32-5)29(37)35-24-16-33-12-10-25(24)38-26-18-36-13-11-21(26)17-36/h14,19,21-27,33-34H,6-13,15-18H2,1-5H3,(H2,31,32)(H,35,37)/b20-14+. The van der Waals surface area contributed by atoms with Gasteiger partial charge in [-0.2, -0.15) is 0 Å². The molecule has 9 heteroatoms. The molecule has 0 aromatic rings. The Morgan fingerprint density at radius 1 is 1.26 bits per heavy atom. The normalized spacial score (nSPS) is 30.4. The Labute approximate surface area is 235 Å². The van der Waals surface area contributed by atoms with Crippen LogP contribution < -0.4 is 21.7 Å². The van der Waals surface area contributed by atoms with Crippen molar-refractivity contribution in [2.75, 3.05) is 46.3 Å². The van der Waals surface area contributed by atoms with Gasteiger partial charge in [-0.3, -0.25) is 9.79 Å². The number of fused-ring (bicyclic) bond motifs is 2. The summed E-state index contributed by atoms with van der Waals surface area (Å²) in [6.45, 7) is 14.2. The molecule has 38 heavy (non-hydrogen) atoms. The van der Waals surface area contributed by atoms with Gasteiger partial charge in [0.25, 0.3) is 0 Å². The third-order valence-electron chi connectivity index (χ3n) is 8.58. The Hall–Kier alpha value is -1.19. The lowest BCUT2D eigenvalue weighted by Gasteiger charge is -2.37. The molecule has 0 aromatic carbocycles. The fraction of sp³-hybridized carbons (Fsp3) is 0.862. The molecule has 3 aliphatic rings. The fourth-order valence-electron chi connectivity index (χ4n) is 6.16. The molecule has 1 amide bonds. The predicted molar refractivity (Wildman–Crippen MR) is 158 cm³/mol. The van der Waals surface area contributed by atoms with Crippen LogP contribution in [-0.4, -0.2) is 92.6 Å². The number of alkyl halides is 1. The van der Waals surface area contributed by atoms with Gasteiger partial charge in [-0.25, -0.2) is 0 Å². The number of nitrogens with one attached hydrogen (secondary N) is 3. The first kappa shape index (κ1) is 31.3. The van der Waals surface area contributed by atoms with Crippen molar-refractivity contribution in [2.24, 2.45) is 28.5 Å². The number of carbonyl (C=O) groups is 1. The molecule has 218 valence electrons. The van der Waals surface area contributed by atoms with Crippen molar-refractivity contribution in [1.82, 2.24) is 20.9 Å². The molecular formula is C29H53ClN6O2. The zero-order valence-corrected chi connectivity index (χ0v) is 25.1. The summed E-state index contributed by atoms with van der Waals surface area (Å²) in [5.41, 5.74) is 7.73. The van der Waals surface area contributed by atoms with Gasteiger partial charge in [0.1, 0.15) is 11.8 Å². The molecule has 3 heterocycles. The summed E-state index contributed by atoms with van der Waals surface area (Å²) in [6, 6.07) is -0.406. The van der Waals surface area contributed by atoms with Gasteiger partial charge in [-0.1, -0.05) is 52.2 Å². The van der Waals surface area contributed by atoms with Crippen LogP contribution in [-0.2, 0) is 9.53 Å². The van der Waals surface area contributed by atoms with Crippen molar-refractivity contribution in [3.8, 4) is 0 Å². The maximum absolute atomic E-state index is 14.0. The molecule has 0 aliphatic carbocycles. The van der Waals surface area contributed by atoms with Crippen LogP contribution in [0.1, 0.15) is 66.2 Å². The summed E-state index contributed by atoms with van der Waals surface area (Å²) in [4.78, 5) is 20.7. The van der Waals surface area contributed by atoms with E-state index in [4.69, 9.17) is 22.1 Å². The van der Waals surface area contributed by atoms with E-state index in [0.29, 0.717) is 30.8 Å². The minimum atomic E-state index is -0.633. The third-order valence-corrected chi connectivity index (χ3v) is 8.95. The number of halogens is 1. The molecule has 0 saturated carbocycles. The minimum absolute atomic E-state index is 0.00344. The van der Waals surface area contributed by atoms with Gasteiger partial charge in [0.2, 0.25) is 5.91 Å². The van der Waals surface area contributed by atoms with Gasteiger partial charge in [0, 0.05) is 50.6 Å². The summed E-state index contributed by atoms with van der Waals surface area (Å²) in [5.74, 6) is 0.580. The second kappa shape index (κ2) is 15.6. The Morgan fingerprint density at radius 2 is 2.05 bits per heavy atom. The first-order valence-electron chi connectivity index (χ1n) is 15.0. The van der Waals surface area contributed by atoms with Crippen LogP contribution in [0.15, 0.2) is 16.6 Å². The number of allylic oxidation sites excluding steroid dienone is 1. The van der Waals surface area contributed by atoms with Gasteiger partial charge in [-0.05, 0) is 44.7 Å². The lowest BCUT2D eigenvalue weighted by atomic mass is 9.90. The number of aliphatic imine (C=N–C) groups is 1. The van der Waals surface area contributed by atoms with E-state index in [1.165, 1.54) is 18.5 Å². The number of piperidine rings is 2. The van der Waals surface area contributed by atoms with Crippen LogP contribution in [0.4, 0.5) is 0 Å². The average molecular weight is 553 g/mol. The monoisotopic (exact) mass is 552 g/mol. The topological polar surface area (TPSA) is 104 Å². The smallest absolute Gasteiger partial charge is 0.232 e. The highest BCUT2D eigenvalue weighted by Crippen LogP contribution is 2.31. The number of unbranched alkanes of at least 4 members (excludes halogenated alkanes) is 1. The number of nitrogens with two attached hydrogens (primary N) is 1. The highest BCUT2D eigenvalue weighted by molar-refractivity contribution is 6.20. The minimum Gasteiger partial charge on any atom is -0.387 e. The number of amidine groups is 1. The number of rotatable bonds is 15. The molecule has 8 unspecified atom stereocenters. The van der Waals surface area contributed by atoms with Crippen LogP contribution in [0, 0.1) is 17.8 Å². The summed E-state index contributed by atoms with van der Waals surface area (Å²) in [5, 5.41) is 10.4. The Kier molecular flexibility index (Phi) is 12.8. The van der Waals surface area contributed by atoms with Gasteiger partial charge < -0.3 is 31.3 Å². The zero-order valence-electron chi connectivity index (χ0n) is 24.3. The lowest BCUT2D eigenvalue weighted by Crippen LogP contribution is -2.60. The van der Waals surface area contributed by atoms with E-state index in [-0.39, 0.29) is 35.6 Å². The number of ether oxygens (including phenoxy) is 1. The second-order valence-corrected chi connectivity index (χ2v) is 12.3. The number of carbonyl (C=O) groups excluding carboxylic acids is 1. The van der Waals surface area contributed by atoms with Crippen LogP contribution in [0.3, 0.4) is 0 Å². The van der Waals surface area contributed by atoms with Crippen LogP contribution >= 0.6 is 11.6 Å². The fourth-order valence-corrected chi connectivity index (χ4v) is 6.41. The molecule has 8 atom stereocenters. The van der Waals surface area contributed by atoms with E-state index < -0.39 is 5.92 Å². The third kappa shape index (κ3) is 8.65. The van der Waals surface area contributed by atoms with E-state index in [2.05, 4.69) is 59.6 Å². The number of amides is 1. The quantitative estimate of drug-likeness (QED) is 0.108. The van der Waals surface area contributed by atoms with E-state index in [0.717, 1.165) is 51.7 Å². The SMILES string of the molecule is CCCCC(Cl)CNC(/C=C(\CC)C(C)C)C(C(=O)NC1CNCCC1OC1CN2CCC1C2)C(N)=NC. The number of nitrogens with zero attached hydrogens (tertiary/aromatic N) is 2. The molecule has 3 fully saturated rings. The van der Waals surface area contributed by atoms with Crippen molar-refractivity contribution >= 4 is 23.3 Å². The molecule has 0 spiro atoms. The molecule has 3 saturated heterocycles. The molecule has 0 aromatic heterocycles. The molecule has 2 bridgehead atoms. The molecule has 3 rings (SSSR count). The largest absolute Gasteiger partial charge is 0.387 e. The maximum atomic E-state index is 14.0. The molecule has 5 N–H and O–H groups in total. The molecule has 0 radical (unpaired) electrons. The summed E-state index contributed by atoms with van der Waals surface area (Å²) in [6.07, 6.45) is 8.60. The van der Waals surface area contributed by atoms with Crippen molar-refractivity contribution in [3.63, 3.8) is 0 Å². The number of hydrogen-bond donors (Lipinski definition) is 4. The summed E-state index contributed by atoms with van der Waals surface area (Å²) < 4.78 is 6.65. The van der Waals surface area contributed by atoms with Gasteiger partial charge in [0.05, 0.1) is 18.2 Å². The Balaban J connectivity index is 1.76. The Morgan fingerprint density at radius 3 is 2.66 bits per heavy atom. The molecule has 3 aliphatic heterocycles. The maximum Gasteiger partial charge on any atom is 0.232 e. The first-order chi connectivity index (χ1) is 18.3. The van der Waals surface area contributed by atoms with Gasteiger partial charge in [-0.15, -0.1) is 11.6 Å². The van der Waals surface area contributed by atoms with E-state index in [9.17, 15) is 4.79 Å². The summed E-state index contributed by atoms with van der Waals surface area (Å²) >= 11 is 6.64.